The summed E-state index contributed by atoms with van der Waals surface area (Å²) in [5, 5.41) is 13.6. The van der Waals surface area contributed by atoms with Crippen molar-refractivity contribution in [2.24, 2.45) is 10.8 Å². The molecule has 0 fully saturated rings. The molecule has 0 aliphatic heterocycles. The van der Waals surface area contributed by atoms with Gasteiger partial charge >= 0.3 is 59.1 Å². The number of fused-ring (bicyclic) bond motifs is 5. The van der Waals surface area contributed by atoms with Gasteiger partial charge in [-0.2, -0.15) is 0 Å². The van der Waals surface area contributed by atoms with E-state index in [1.165, 1.54) is 27.2 Å². The molecular formula is C55H53BCl3N12Na2O3S. The van der Waals surface area contributed by atoms with Crippen LogP contribution in [0.25, 0.3) is 50.6 Å². The molecule has 3 radical (unpaired) electrons. The second kappa shape index (κ2) is 37.6. The number of nitrogens with zero attached hydrogens (tertiary/aromatic N) is 11. The SMILES string of the molecule is O=S(Cl)Cl.[B].[C-]#[N+]c1ccc2c(c1)CCCC2=O.[C-]#[N+]c1ccc2c(c1)CCCC2Cl.[C-]#[N+]c1ccc2c(c1)CCCC2N.[C-]#[N+]c1ccc2c(c1)CCCC2N=[N+]=[N-].[C-]#[N+]c1ccc2c(c1)CCCC2O.[H-].[N-]=[N+]=[N-].[Na+].[Na+]. The summed E-state index contributed by atoms with van der Waals surface area (Å²) in [5.41, 5.74) is 42.6. The molecule has 0 saturated carbocycles. The molecule has 0 spiro atoms. The number of carbonyl (C=O) groups is 1. The van der Waals surface area contributed by atoms with Gasteiger partial charge < -0.3 is 23.3 Å². The van der Waals surface area contributed by atoms with Gasteiger partial charge in [-0.3, -0.25) is 9.71 Å². The Balaban J connectivity index is 0.000000911. The number of aryl methyl sites for hydroxylation is 5. The van der Waals surface area contributed by atoms with Gasteiger partial charge in [-0.15, -0.1) is 11.6 Å². The van der Waals surface area contributed by atoms with E-state index >= 15 is 0 Å². The van der Waals surface area contributed by atoms with E-state index < -0.39 is 9.23 Å². The van der Waals surface area contributed by atoms with Crippen LogP contribution in [0.1, 0.15) is 150 Å². The van der Waals surface area contributed by atoms with Crippen molar-refractivity contribution in [2.75, 3.05) is 0 Å². The predicted octanol–water partition coefficient (Wildman–Crippen LogP) is 11.4. The second-order valence-corrected chi connectivity index (χ2v) is 20.4. The smallest absolute Gasteiger partial charge is 1.00 e. The Morgan fingerprint density at radius 3 is 1.42 bits per heavy atom. The molecule has 0 bridgehead atoms. The summed E-state index contributed by atoms with van der Waals surface area (Å²) < 4.78 is 9.09. The molecular weight excluding hydrogens is 1070 g/mol. The first-order chi connectivity index (χ1) is 35.7. The predicted molar refractivity (Wildman–Crippen MR) is 302 cm³/mol. The summed E-state index contributed by atoms with van der Waals surface area (Å²) in [4.78, 5) is 32.7. The molecule has 383 valence electrons. The van der Waals surface area contributed by atoms with Gasteiger partial charge in [0, 0.05) is 52.7 Å². The van der Waals surface area contributed by atoms with Crippen LogP contribution in [-0.4, -0.2) is 23.5 Å². The normalized spacial score (nSPS) is 17.0. The van der Waals surface area contributed by atoms with Crippen LogP contribution in [0.2, 0.25) is 0 Å². The van der Waals surface area contributed by atoms with Crippen molar-refractivity contribution in [1.29, 1.82) is 0 Å². The Hall–Kier alpha value is -5.16. The topological polar surface area (TPSA) is 210 Å². The number of nitrogens with two attached hydrogens (primary N) is 1. The molecule has 4 atom stereocenters. The van der Waals surface area contributed by atoms with Crippen LogP contribution in [0, 0.1) is 32.9 Å². The average Bonchev–Trinajstić information content (AvgIpc) is 3.41. The average molecular weight is 1130 g/mol. The monoisotopic (exact) mass is 1120 g/mol. The van der Waals surface area contributed by atoms with Crippen LogP contribution in [0.5, 0.6) is 0 Å². The number of Topliss-reactive ketones (excluding diaryl/α,β-unsaturated/α-hetero) is 1. The summed E-state index contributed by atoms with van der Waals surface area (Å²) in [6.45, 7) is 34.5. The molecule has 4 unspecified atom stereocenters. The molecule has 10 rings (SSSR count). The number of hydrogen-bond donors (Lipinski definition) is 2. The molecule has 0 saturated heterocycles. The van der Waals surface area contributed by atoms with E-state index in [9.17, 15) is 9.90 Å². The summed E-state index contributed by atoms with van der Waals surface area (Å²) >= 11 is 6.17. The maximum Gasteiger partial charge on any atom is 1.00 e. The largest absolute Gasteiger partial charge is 1.00 e. The van der Waals surface area contributed by atoms with Gasteiger partial charge in [0.15, 0.2) is 34.2 Å². The zero-order valence-corrected chi connectivity index (χ0v) is 50.0. The maximum absolute atomic E-state index is 11.4. The van der Waals surface area contributed by atoms with Crippen molar-refractivity contribution < 1.29 is 74.7 Å². The minimum Gasteiger partial charge on any atom is -1.00 e. The zero-order chi connectivity index (χ0) is 54.0. The third-order valence-electron chi connectivity index (χ3n) is 12.7. The number of rotatable bonds is 1. The van der Waals surface area contributed by atoms with Gasteiger partial charge in [0.1, 0.15) is 0 Å². The molecule has 77 heavy (non-hydrogen) atoms. The molecule has 22 heteroatoms. The molecule has 0 aromatic heterocycles. The van der Waals surface area contributed by atoms with E-state index in [-0.39, 0.29) is 98.3 Å². The Morgan fingerprint density at radius 1 is 0.558 bits per heavy atom. The Labute approximate surface area is 515 Å². The van der Waals surface area contributed by atoms with E-state index in [0.29, 0.717) is 23.5 Å². The third kappa shape index (κ3) is 22.3. The number of aliphatic hydroxyl groups is 1. The summed E-state index contributed by atoms with van der Waals surface area (Å²) in [6.07, 6.45) is 14.6. The number of aliphatic hydroxyl groups excluding tert-OH is 1. The first-order valence-corrected chi connectivity index (χ1v) is 26.9. The van der Waals surface area contributed by atoms with Crippen LogP contribution in [-0.2, 0) is 41.3 Å². The van der Waals surface area contributed by atoms with E-state index in [0.717, 1.165) is 135 Å². The van der Waals surface area contributed by atoms with Crippen molar-refractivity contribution in [2.45, 2.75) is 120 Å². The summed E-state index contributed by atoms with van der Waals surface area (Å²) in [7, 11) is 7.36. The van der Waals surface area contributed by atoms with Crippen molar-refractivity contribution in [3.63, 3.8) is 0 Å². The van der Waals surface area contributed by atoms with E-state index in [1.807, 2.05) is 66.7 Å². The van der Waals surface area contributed by atoms with Crippen molar-refractivity contribution in [3.05, 3.63) is 230 Å². The number of carbonyl (C=O) groups excluding carboxylic acids is 1. The van der Waals surface area contributed by atoms with E-state index in [2.05, 4.69) is 55.6 Å². The third-order valence-corrected chi connectivity index (χ3v) is 13.2. The molecule has 5 aromatic carbocycles. The quantitative estimate of drug-likeness (QED) is 0.0319. The Kier molecular flexibility index (Phi) is 34.1. The number of ketones is 1. The van der Waals surface area contributed by atoms with Crippen molar-refractivity contribution >= 4 is 84.8 Å². The van der Waals surface area contributed by atoms with Crippen LogP contribution in [0.3, 0.4) is 0 Å². The second-order valence-electron chi connectivity index (χ2n) is 17.4. The Bertz CT molecular complexity index is 2950. The molecule has 0 heterocycles. The number of benzene rings is 5. The molecule has 15 nitrogen and oxygen atoms in total. The van der Waals surface area contributed by atoms with Crippen LogP contribution >= 0.6 is 33.0 Å². The fraction of sp³-hybridized carbons (Fsp3) is 0.345. The minimum atomic E-state index is -1.67. The molecule has 5 aliphatic carbocycles. The summed E-state index contributed by atoms with van der Waals surface area (Å²) in [6, 6.07) is 28.3. The zero-order valence-electron chi connectivity index (χ0n) is 44.0. The number of hydrogen-bond acceptors (Lipinski definition) is 5. The van der Waals surface area contributed by atoms with Gasteiger partial charge in [0.05, 0.1) is 50.4 Å². The number of azide groups is 1. The van der Waals surface area contributed by atoms with Crippen LogP contribution < -0.4 is 64.8 Å². The first kappa shape index (κ1) is 69.9. The maximum atomic E-state index is 11.4. The van der Waals surface area contributed by atoms with Gasteiger partial charge in [-0.05, 0) is 123 Å². The molecule has 0 amide bonds. The van der Waals surface area contributed by atoms with Crippen LogP contribution in [0.4, 0.5) is 28.4 Å². The summed E-state index contributed by atoms with van der Waals surface area (Å²) in [5.74, 6) is 0.220. The van der Waals surface area contributed by atoms with Gasteiger partial charge in [0.2, 0.25) is 9.23 Å². The van der Waals surface area contributed by atoms with Gasteiger partial charge in [-0.1, -0.05) is 118 Å². The minimum absolute atomic E-state index is 0. The van der Waals surface area contributed by atoms with Crippen molar-refractivity contribution in [3.8, 4) is 0 Å². The number of halogens is 3. The van der Waals surface area contributed by atoms with Crippen LogP contribution in [0.15, 0.2) is 96.1 Å². The molecule has 5 aromatic rings. The fourth-order valence-electron chi connectivity index (χ4n) is 9.29. The number of alkyl halides is 1. The van der Waals surface area contributed by atoms with Gasteiger partial charge in [-0.25, -0.2) is 28.4 Å². The van der Waals surface area contributed by atoms with Gasteiger partial charge in [0.25, 0.3) is 0 Å². The Morgan fingerprint density at radius 2 is 0.922 bits per heavy atom. The first-order valence-electron chi connectivity index (χ1n) is 23.6. The van der Waals surface area contributed by atoms with E-state index in [1.54, 1.807) is 24.3 Å². The standard InChI is InChI=1S/C11H10ClN.C11H10N4.C11H12N2.C11H11NO.C11H9NO.B.Cl2OS.N3.2Na.H/c1-13-9-5-6-10-8(7-9)3-2-4-11(10)12;1-13-9-5-6-10-8(7-9)3-2-4-11(10)14-15-12;1-13-9-5-6-10-8(7-9)3-2-4-11(10)12;2*1-12-9-5-6-10-8(7-9)3-2-4-11(10)13;;1-4(2)3;1-3-2;;;/h5-7,11H,2-4H2;5-7,11H,2-4H2;5-7,11H,2-4,12H2;5-7,11,13H,2-4H2;5-7H,2-4H2;;;;;;/q;;;;;;;-1;2*+1;-1. The molecule has 5 aliphatic rings. The van der Waals surface area contributed by atoms with E-state index in [4.69, 9.17) is 71.0 Å². The molecule has 3 N–H and O–H groups in total. The van der Waals surface area contributed by atoms with Crippen molar-refractivity contribution in [1.82, 2.24) is 0 Å². The fourth-order valence-corrected chi connectivity index (χ4v) is 9.66.